The van der Waals surface area contributed by atoms with Crippen molar-refractivity contribution in [3.63, 3.8) is 0 Å². The van der Waals surface area contributed by atoms with Crippen LogP contribution >= 0.6 is 11.6 Å². The fraction of sp³-hybridized carbons (Fsp3) is 0.500. The Balaban J connectivity index is 2.61. The van der Waals surface area contributed by atoms with Crippen LogP contribution in [0.5, 0.6) is 0 Å². The predicted octanol–water partition coefficient (Wildman–Crippen LogP) is 2.89. The molecular weight excluding hydrogens is 248 g/mol. The van der Waals surface area contributed by atoms with Crippen LogP contribution in [-0.2, 0) is 0 Å². The molecule has 1 rings (SSSR count). The quantitative estimate of drug-likeness (QED) is 0.833. The molecule has 3 nitrogen and oxygen atoms in total. The zero-order valence-electron chi connectivity index (χ0n) is 11.4. The SMILES string of the molecule is CC(Cl)CC(C)NC(=O)c1ccc(N(C)C)cc1. The molecule has 1 N–H and O–H groups in total. The van der Waals surface area contributed by atoms with E-state index in [-0.39, 0.29) is 17.3 Å². The van der Waals surface area contributed by atoms with Crippen molar-refractivity contribution in [3.05, 3.63) is 29.8 Å². The van der Waals surface area contributed by atoms with Crippen LogP contribution in [-0.4, -0.2) is 31.4 Å². The van der Waals surface area contributed by atoms with Crippen molar-refractivity contribution in [3.8, 4) is 0 Å². The molecule has 0 heterocycles. The predicted molar refractivity (Wildman–Crippen MR) is 77.6 cm³/mol. The smallest absolute Gasteiger partial charge is 0.251 e. The van der Waals surface area contributed by atoms with Gasteiger partial charge in [-0.15, -0.1) is 11.6 Å². The number of nitrogens with one attached hydrogen (secondary N) is 1. The third kappa shape index (κ3) is 4.57. The number of carbonyl (C=O) groups is 1. The molecule has 0 aliphatic heterocycles. The topological polar surface area (TPSA) is 32.3 Å². The molecule has 4 heteroatoms. The molecule has 0 fully saturated rings. The molecule has 0 aliphatic rings. The minimum atomic E-state index is -0.0508. The van der Waals surface area contributed by atoms with E-state index < -0.39 is 0 Å². The minimum Gasteiger partial charge on any atom is -0.378 e. The number of nitrogens with zero attached hydrogens (tertiary/aromatic N) is 1. The van der Waals surface area contributed by atoms with E-state index in [0.717, 1.165) is 12.1 Å². The first-order chi connectivity index (χ1) is 8.40. The number of anilines is 1. The second-order valence-corrected chi connectivity index (χ2v) is 5.58. The molecule has 1 aromatic rings. The van der Waals surface area contributed by atoms with E-state index in [1.165, 1.54) is 0 Å². The van der Waals surface area contributed by atoms with Crippen LogP contribution in [0.15, 0.2) is 24.3 Å². The fourth-order valence-electron chi connectivity index (χ4n) is 1.76. The Morgan fingerprint density at radius 2 is 1.83 bits per heavy atom. The maximum atomic E-state index is 11.9. The van der Waals surface area contributed by atoms with Crippen LogP contribution < -0.4 is 10.2 Å². The number of halogens is 1. The molecule has 2 unspecified atom stereocenters. The highest BCUT2D eigenvalue weighted by Gasteiger charge is 2.11. The van der Waals surface area contributed by atoms with Gasteiger partial charge in [0, 0.05) is 36.8 Å². The number of carbonyl (C=O) groups excluding carboxylic acids is 1. The van der Waals surface area contributed by atoms with Gasteiger partial charge in [0.25, 0.3) is 5.91 Å². The Bertz CT molecular complexity index is 387. The second kappa shape index (κ2) is 6.64. The maximum absolute atomic E-state index is 11.9. The molecule has 0 saturated heterocycles. The summed E-state index contributed by atoms with van der Waals surface area (Å²) in [5, 5.41) is 3.01. The highest BCUT2D eigenvalue weighted by Crippen LogP contribution is 2.12. The van der Waals surface area contributed by atoms with Crippen molar-refractivity contribution in [1.82, 2.24) is 5.32 Å². The molecule has 2 atom stereocenters. The van der Waals surface area contributed by atoms with Gasteiger partial charge in [-0.3, -0.25) is 4.79 Å². The maximum Gasteiger partial charge on any atom is 0.251 e. The lowest BCUT2D eigenvalue weighted by atomic mass is 10.1. The Morgan fingerprint density at radius 3 is 2.28 bits per heavy atom. The summed E-state index contributed by atoms with van der Waals surface area (Å²) in [7, 11) is 3.94. The number of benzene rings is 1. The largest absolute Gasteiger partial charge is 0.378 e. The normalized spacial score (nSPS) is 13.8. The molecule has 0 aromatic heterocycles. The average Bonchev–Trinajstić information content (AvgIpc) is 2.27. The highest BCUT2D eigenvalue weighted by molar-refractivity contribution is 6.20. The molecule has 100 valence electrons. The Hall–Kier alpha value is -1.22. The lowest BCUT2D eigenvalue weighted by Gasteiger charge is -2.16. The highest BCUT2D eigenvalue weighted by atomic mass is 35.5. The number of hydrogen-bond acceptors (Lipinski definition) is 2. The minimum absolute atomic E-state index is 0.0508. The molecule has 1 amide bonds. The van der Waals surface area contributed by atoms with Crippen LogP contribution in [0.25, 0.3) is 0 Å². The van der Waals surface area contributed by atoms with E-state index in [2.05, 4.69) is 5.32 Å². The van der Waals surface area contributed by atoms with Gasteiger partial charge in [-0.25, -0.2) is 0 Å². The van der Waals surface area contributed by atoms with Crippen LogP contribution in [0.3, 0.4) is 0 Å². The Morgan fingerprint density at radius 1 is 1.28 bits per heavy atom. The van der Waals surface area contributed by atoms with Gasteiger partial charge < -0.3 is 10.2 Å². The summed E-state index contributed by atoms with van der Waals surface area (Å²) >= 11 is 5.90. The van der Waals surface area contributed by atoms with Crippen LogP contribution in [0.4, 0.5) is 5.69 Å². The molecule has 0 bridgehead atoms. The number of amides is 1. The van der Waals surface area contributed by atoms with Crippen molar-refractivity contribution in [2.24, 2.45) is 0 Å². The Labute approximate surface area is 114 Å². The lowest BCUT2D eigenvalue weighted by molar-refractivity contribution is 0.0938. The van der Waals surface area contributed by atoms with Gasteiger partial charge in [0.2, 0.25) is 0 Å². The van der Waals surface area contributed by atoms with Crippen molar-refractivity contribution in [2.75, 3.05) is 19.0 Å². The van der Waals surface area contributed by atoms with Crippen molar-refractivity contribution >= 4 is 23.2 Å². The summed E-state index contributed by atoms with van der Waals surface area (Å²) in [4.78, 5) is 13.9. The summed E-state index contributed by atoms with van der Waals surface area (Å²) in [6.07, 6.45) is 0.767. The van der Waals surface area contributed by atoms with Gasteiger partial charge in [-0.1, -0.05) is 0 Å². The van der Waals surface area contributed by atoms with Gasteiger partial charge in [0.15, 0.2) is 0 Å². The third-order valence-corrected chi connectivity index (χ3v) is 2.88. The molecule has 18 heavy (non-hydrogen) atoms. The molecular formula is C14H21ClN2O. The monoisotopic (exact) mass is 268 g/mol. The third-order valence-electron chi connectivity index (χ3n) is 2.70. The van der Waals surface area contributed by atoms with E-state index in [9.17, 15) is 4.79 Å². The average molecular weight is 269 g/mol. The number of alkyl halides is 1. The van der Waals surface area contributed by atoms with Gasteiger partial charge in [0.1, 0.15) is 0 Å². The van der Waals surface area contributed by atoms with E-state index in [0.29, 0.717) is 5.56 Å². The van der Waals surface area contributed by atoms with Crippen molar-refractivity contribution in [1.29, 1.82) is 0 Å². The zero-order valence-corrected chi connectivity index (χ0v) is 12.2. The standard InChI is InChI=1S/C14H21ClN2O/c1-10(15)9-11(2)16-14(18)12-5-7-13(8-6-12)17(3)4/h5-8,10-11H,9H2,1-4H3,(H,16,18). The van der Waals surface area contributed by atoms with E-state index in [1.54, 1.807) is 0 Å². The van der Waals surface area contributed by atoms with Gasteiger partial charge in [0.05, 0.1) is 0 Å². The summed E-state index contributed by atoms with van der Waals surface area (Å²) in [5.74, 6) is -0.0508. The molecule has 0 aliphatic carbocycles. The van der Waals surface area contributed by atoms with Crippen molar-refractivity contribution < 1.29 is 4.79 Å². The van der Waals surface area contributed by atoms with E-state index >= 15 is 0 Å². The zero-order chi connectivity index (χ0) is 13.7. The first kappa shape index (κ1) is 14.8. The summed E-state index contributed by atoms with van der Waals surface area (Å²) in [6, 6.07) is 7.62. The summed E-state index contributed by atoms with van der Waals surface area (Å²) < 4.78 is 0. The number of hydrogen-bond donors (Lipinski definition) is 1. The molecule has 1 aromatic carbocycles. The van der Waals surface area contributed by atoms with Crippen LogP contribution in [0.1, 0.15) is 30.6 Å². The Kier molecular flexibility index (Phi) is 5.48. The first-order valence-electron chi connectivity index (χ1n) is 6.12. The van der Waals surface area contributed by atoms with Crippen LogP contribution in [0.2, 0.25) is 0 Å². The molecule has 0 saturated carbocycles. The van der Waals surface area contributed by atoms with Crippen LogP contribution in [0, 0.1) is 0 Å². The van der Waals surface area contributed by atoms with Gasteiger partial charge in [-0.05, 0) is 44.5 Å². The van der Waals surface area contributed by atoms with Gasteiger partial charge >= 0.3 is 0 Å². The molecule has 0 spiro atoms. The fourth-order valence-corrected chi connectivity index (χ4v) is 2.03. The summed E-state index contributed by atoms with van der Waals surface area (Å²) in [6.45, 7) is 3.89. The van der Waals surface area contributed by atoms with Gasteiger partial charge in [-0.2, -0.15) is 0 Å². The lowest BCUT2D eigenvalue weighted by Crippen LogP contribution is -2.33. The molecule has 0 radical (unpaired) electrons. The number of rotatable bonds is 5. The van der Waals surface area contributed by atoms with Crippen molar-refractivity contribution in [2.45, 2.75) is 31.7 Å². The summed E-state index contributed by atoms with van der Waals surface area (Å²) in [5.41, 5.74) is 1.75. The van der Waals surface area contributed by atoms with E-state index in [1.807, 2.05) is 57.1 Å². The van der Waals surface area contributed by atoms with E-state index in [4.69, 9.17) is 11.6 Å². The first-order valence-corrected chi connectivity index (χ1v) is 6.56. The second-order valence-electron chi connectivity index (χ2n) is 4.83.